The van der Waals surface area contributed by atoms with E-state index in [1.54, 1.807) is 0 Å². The molecule has 2 heteroatoms. The van der Waals surface area contributed by atoms with Gasteiger partial charge < -0.3 is 10.4 Å². The number of hydrogen-bond donors (Lipinski definition) is 2. The zero-order chi connectivity index (χ0) is 13.7. The maximum absolute atomic E-state index is 9.42. The van der Waals surface area contributed by atoms with Gasteiger partial charge in [-0.1, -0.05) is 36.6 Å². The number of aliphatic hydroxyl groups excluding tert-OH is 1. The van der Waals surface area contributed by atoms with E-state index in [1.807, 2.05) is 0 Å². The third kappa shape index (κ3) is 4.05. The van der Waals surface area contributed by atoms with Crippen LogP contribution in [0.2, 0.25) is 0 Å². The zero-order valence-corrected chi connectivity index (χ0v) is 12.3. The van der Waals surface area contributed by atoms with Gasteiger partial charge in [-0.2, -0.15) is 0 Å². The summed E-state index contributed by atoms with van der Waals surface area (Å²) in [4.78, 5) is 0. The molecule has 1 aromatic carbocycles. The van der Waals surface area contributed by atoms with Crippen LogP contribution in [-0.2, 0) is 6.54 Å². The molecule has 1 aromatic rings. The summed E-state index contributed by atoms with van der Waals surface area (Å²) in [7, 11) is 0. The molecule has 0 aromatic heterocycles. The van der Waals surface area contributed by atoms with Crippen molar-refractivity contribution in [3.05, 3.63) is 34.9 Å². The first-order valence-electron chi connectivity index (χ1n) is 7.58. The average molecular weight is 261 g/mol. The van der Waals surface area contributed by atoms with Crippen LogP contribution in [-0.4, -0.2) is 18.3 Å². The van der Waals surface area contributed by atoms with Gasteiger partial charge in [0.05, 0.1) is 0 Å². The lowest BCUT2D eigenvalue weighted by molar-refractivity contribution is 0.133. The van der Waals surface area contributed by atoms with Gasteiger partial charge in [0.25, 0.3) is 0 Å². The highest BCUT2D eigenvalue weighted by atomic mass is 16.3. The number of rotatable bonds is 5. The van der Waals surface area contributed by atoms with Gasteiger partial charge in [0.15, 0.2) is 0 Å². The summed E-state index contributed by atoms with van der Waals surface area (Å²) in [6.45, 7) is 6.66. The fraction of sp³-hybridized carbons (Fsp3) is 0.647. The van der Waals surface area contributed by atoms with Crippen LogP contribution in [0, 0.1) is 25.7 Å². The Labute approximate surface area is 117 Å². The average Bonchev–Trinajstić information content (AvgIpc) is 2.42. The molecular weight excluding hydrogens is 234 g/mol. The van der Waals surface area contributed by atoms with E-state index in [1.165, 1.54) is 42.4 Å². The molecule has 19 heavy (non-hydrogen) atoms. The molecule has 0 heterocycles. The molecule has 2 N–H and O–H groups in total. The molecule has 1 fully saturated rings. The van der Waals surface area contributed by atoms with Crippen molar-refractivity contribution in [2.75, 3.05) is 13.2 Å². The Morgan fingerprint density at radius 3 is 2.58 bits per heavy atom. The van der Waals surface area contributed by atoms with E-state index < -0.39 is 0 Å². The van der Waals surface area contributed by atoms with Crippen LogP contribution in [0.15, 0.2) is 18.2 Å². The molecule has 106 valence electrons. The van der Waals surface area contributed by atoms with Crippen molar-refractivity contribution in [1.82, 2.24) is 5.32 Å². The van der Waals surface area contributed by atoms with Crippen molar-refractivity contribution in [2.45, 2.75) is 46.1 Å². The third-order valence-corrected chi connectivity index (χ3v) is 4.52. The summed E-state index contributed by atoms with van der Waals surface area (Å²) in [5, 5.41) is 13.0. The first-order valence-corrected chi connectivity index (χ1v) is 7.58. The quantitative estimate of drug-likeness (QED) is 0.853. The van der Waals surface area contributed by atoms with Crippen molar-refractivity contribution in [2.24, 2.45) is 11.8 Å². The second-order valence-electron chi connectivity index (χ2n) is 6.05. The zero-order valence-electron chi connectivity index (χ0n) is 12.3. The Morgan fingerprint density at radius 2 is 1.89 bits per heavy atom. The summed E-state index contributed by atoms with van der Waals surface area (Å²) >= 11 is 0. The van der Waals surface area contributed by atoms with Gasteiger partial charge in [-0.25, -0.2) is 0 Å². The van der Waals surface area contributed by atoms with Crippen molar-refractivity contribution < 1.29 is 5.11 Å². The molecule has 2 atom stereocenters. The molecule has 0 spiro atoms. The fourth-order valence-corrected chi connectivity index (χ4v) is 3.23. The lowest BCUT2D eigenvalue weighted by Gasteiger charge is -2.30. The van der Waals surface area contributed by atoms with Crippen LogP contribution in [0.4, 0.5) is 0 Å². The molecule has 1 saturated carbocycles. The monoisotopic (exact) mass is 261 g/mol. The summed E-state index contributed by atoms with van der Waals surface area (Å²) in [6, 6.07) is 6.65. The summed E-state index contributed by atoms with van der Waals surface area (Å²) in [5.74, 6) is 1.17. The molecule has 0 saturated heterocycles. The molecule has 2 nitrogen and oxygen atoms in total. The minimum absolute atomic E-state index is 0.357. The van der Waals surface area contributed by atoms with Gasteiger partial charge in [-0.15, -0.1) is 0 Å². The van der Waals surface area contributed by atoms with E-state index in [2.05, 4.69) is 37.4 Å². The van der Waals surface area contributed by atoms with E-state index in [-0.39, 0.29) is 0 Å². The second kappa shape index (κ2) is 7.06. The lowest BCUT2D eigenvalue weighted by Crippen LogP contribution is -2.32. The summed E-state index contributed by atoms with van der Waals surface area (Å²) in [6.07, 6.45) is 5.09. The van der Waals surface area contributed by atoms with Gasteiger partial charge in [0.1, 0.15) is 0 Å². The minimum Gasteiger partial charge on any atom is -0.396 e. The van der Waals surface area contributed by atoms with Crippen molar-refractivity contribution >= 4 is 0 Å². The van der Waals surface area contributed by atoms with Crippen molar-refractivity contribution in [1.29, 1.82) is 0 Å². The van der Waals surface area contributed by atoms with Gasteiger partial charge >= 0.3 is 0 Å². The fourth-order valence-electron chi connectivity index (χ4n) is 3.23. The highest BCUT2D eigenvalue weighted by Crippen LogP contribution is 2.29. The number of benzene rings is 1. The first-order chi connectivity index (χ1) is 9.20. The van der Waals surface area contributed by atoms with Crippen LogP contribution in [0.5, 0.6) is 0 Å². The molecule has 0 bridgehead atoms. The Bertz CT molecular complexity index is 402. The minimum atomic E-state index is 0.357. The largest absolute Gasteiger partial charge is 0.396 e. The Kier molecular flexibility index (Phi) is 5.41. The molecule has 0 aliphatic heterocycles. The van der Waals surface area contributed by atoms with E-state index in [0.717, 1.165) is 13.1 Å². The van der Waals surface area contributed by atoms with Gasteiger partial charge in [-0.05, 0) is 56.2 Å². The third-order valence-electron chi connectivity index (χ3n) is 4.52. The SMILES string of the molecule is Cc1ccc(CNCC2CCCCC2CO)c(C)c1. The molecule has 1 aliphatic rings. The highest BCUT2D eigenvalue weighted by Gasteiger charge is 2.23. The molecule has 1 aliphatic carbocycles. The van der Waals surface area contributed by atoms with Gasteiger partial charge in [-0.3, -0.25) is 0 Å². The lowest BCUT2D eigenvalue weighted by atomic mass is 9.79. The van der Waals surface area contributed by atoms with Crippen LogP contribution in [0.1, 0.15) is 42.4 Å². The Balaban J connectivity index is 1.82. The molecule has 0 radical (unpaired) electrons. The van der Waals surface area contributed by atoms with E-state index in [0.29, 0.717) is 18.4 Å². The van der Waals surface area contributed by atoms with Crippen LogP contribution in [0.25, 0.3) is 0 Å². The predicted octanol–water partition coefficient (Wildman–Crippen LogP) is 3.19. The maximum atomic E-state index is 9.42. The molecular formula is C17H27NO. The van der Waals surface area contributed by atoms with Gasteiger partial charge in [0, 0.05) is 13.2 Å². The first kappa shape index (κ1) is 14.5. The smallest absolute Gasteiger partial charge is 0.0462 e. The summed E-state index contributed by atoms with van der Waals surface area (Å²) < 4.78 is 0. The van der Waals surface area contributed by atoms with E-state index >= 15 is 0 Å². The number of hydrogen-bond acceptors (Lipinski definition) is 2. The Morgan fingerprint density at radius 1 is 1.16 bits per heavy atom. The normalized spacial score (nSPS) is 23.5. The van der Waals surface area contributed by atoms with E-state index in [9.17, 15) is 5.11 Å². The second-order valence-corrected chi connectivity index (χ2v) is 6.05. The topological polar surface area (TPSA) is 32.3 Å². The van der Waals surface area contributed by atoms with Crippen LogP contribution >= 0.6 is 0 Å². The number of aliphatic hydroxyl groups is 1. The van der Waals surface area contributed by atoms with Crippen LogP contribution in [0.3, 0.4) is 0 Å². The van der Waals surface area contributed by atoms with Crippen molar-refractivity contribution in [3.8, 4) is 0 Å². The number of aryl methyl sites for hydroxylation is 2. The number of nitrogens with one attached hydrogen (secondary N) is 1. The standard InChI is InChI=1S/C17H27NO/c1-13-7-8-15(14(2)9-13)10-18-11-16-5-3-4-6-17(16)12-19/h7-9,16-19H,3-6,10-12H2,1-2H3. The molecule has 0 amide bonds. The van der Waals surface area contributed by atoms with Crippen molar-refractivity contribution in [3.63, 3.8) is 0 Å². The van der Waals surface area contributed by atoms with Crippen LogP contribution < -0.4 is 5.32 Å². The summed E-state index contributed by atoms with van der Waals surface area (Å²) in [5.41, 5.74) is 4.09. The Hall–Kier alpha value is -0.860. The predicted molar refractivity (Wildman–Crippen MR) is 80.2 cm³/mol. The maximum Gasteiger partial charge on any atom is 0.0462 e. The molecule has 2 unspecified atom stereocenters. The highest BCUT2D eigenvalue weighted by molar-refractivity contribution is 5.30. The molecule has 2 rings (SSSR count). The van der Waals surface area contributed by atoms with Gasteiger partial charge in [0.2, 0.25) is 0 Å². The van der Waals surface area contributed by atoms with E-state index in [4.69, 9.17) is 0 Å².